The van der Waals surface area contributed by atoms with Crippen LogP contribution in [0.1, 0.15) is 31.4 Å². The van der Waals surface area contributed by atoms with E-state index in [0.717, 1.165) is 36.5 Å². The number of aryl methyl sites for hydroxylation is 1. The van der Waals surface area contributed by atoms with E-state index in [1.54, 1.807) is 12.4 Å². The molecule has 0 aromatic carbocycles. The van der Waals surface area contributed by atoms with Crippen LogP contribution in [0.4, 0.5) is 0 Å². The summed E-state index contributed by atoms with van der Waals surface area (Å²) in [6.07, 6.45) is 8.18. The Morgan fingerprint density at radius 2 is 1.96 bits per heavy atom. The molecule has 23 heavy (non-hydrogen) atoms. The molecule has 2 aromatic rings. The van der Waals surface area contributed by atoms with E-state index in [1.807, 2.05) is 23.9 Å². The molecular formula is C15H21N5O2S. The second kappa shape index (κ2) is 6.37. The topological polar surface area (TPSA) is 81.0 Å². The van der Waals surface area contributed by atoms with Crippen molar-refractivity contribution in [1.82, 2.24) is 24.1 Å². The first-order valence-electron chi connectivity index (χ1n) is 7.78. The lowest BCUT2D eigenvalue weighted by Gasteiger charge is -2.29. The van der Waals surface area contributed by atoms with Crippen molar-refractivity contribution >= 4 is 10.0 Å². The van der Waals surface area contributed by atoms with Gasteiger partial charge in [-0.25, -0.2) is 12.7 Å². The zero-order chi connectivity index (χ0) is 16.4. The molecule has 1 saturated heterocycles. The van der Waals surface area contributed by atoms with Crippen LogP contribution in [0.3, 0.4) is 0 Å². The number of hydrogen-bond donors (Lipinski definition) is 0. The SMILES string of the molecule is CCn1nccc1-c1cnc(C2CCN(S(C)(=O)=O)CC2)cn1. The first-order chi connectivity index (χ1) is 11.0. The van der Waals surface area contributed by atoms with Gasteiger partial charge in [-0.3, -0.25) is 14.6 Å². The first kappa shape index (κ1) is 16.1. The smallest absolute Gasteiger partial charge is 0.211 e. The van der Waals surface area contributed by atoms with Gasteiger partial charge < -0.3 is 0 Å². The number of rotatable bonds is 4. The second-order valence-electron chi connectivity index (χ2n) is 5.80. The Bertz CT molecular complexity index is 761. The van der Waals surface area contributed by atoms with Crippen LogP contribution in [-0.2, 0) is 16.6 Å². The highest BCUT2D eigenvalue weighted by molar-refractivity contribution is 7.88. The van der Waals surface area contributed by atoms with E-state index in [0.29, 0.717) is 13.1 Å². The third-order valence-corrected chi connectivity index (χ3v) is 5.59. The van der Waals surface area contributed by atoms with Gasteiger partial charge in [0.15, 0.2) is 0 Å². The highest BCUT2D eigenvalue weighted by atomic mass is 32.2. The second-order valence-corrected chi connectivity index (χ2v) is 7.78. The van der Waals surface area contributed by atoms with Gasteiger partial charge in [0.2, 0.25) is 10.0 Å². The molecule has 0 amide bonds. The summed E-state index contributed by atoms with van der Waals surface area (Å²) in [6.45, 7) is 3.93. The van der Waals surface area contributed by atoms with Crippen molar-refractivity contribution in [2.45, 2.75) is 32.2 Å². The molecule has 0 bridgehead atoms. The Hall–Kier alpha value is -1.80. The molecule has 1 aliphatic heterocycles. The molecule has 3 rings (SSSR count). The molecule has 0 radical (unpaired) electrons. The van der Waals surface area contributed by atoms with E-state index in [-0.39, 0.29) is 5.92 Å². The molecule has 7 nitrogen and oxygen atoms in total. The predicted octanol–water partition coefficient (Wildman–Crippen LogP) is 1.50. The molecule has 0 aliphatic carbocycles. The Morgan fingerprint density at radius 3 is 2.52 bits per heavy atom. The molecule has 0 saturated carbocycles. The molecule has 0 spiro atoms. The van der Waals surface area contributed by atoms with Gasteiger partial charge in [-0.05, 0) is 25.8 Å². The van der Waals surface area contributed by atoms with Gasteiger partial charge in [-0.1, -0.05) is 0 Å². The fourth-order valence-corrected chi connectivity index (χ4v) is 3.84. The van der Waals surface area contributed by atoms with Crippen molar-refractivity contribution in [2.75, 3.05) is 19.3 Å². The van der Waals surface area contributed by atoms with Crippen molar-refractivity contribution in [1.29, 1.82) is 0 Å². The van der Waals surface area contributed by atoms with Crippen LogP contribution >= 0.6 is 0 Å². The molecule has 8 heteroatoms. The highest BCUT2D eigenvalue weighted by Crippen LogP contribution is 2.28. The molecule has 1 aliphatic rings. The Balaban J connectivity index is 1.71. The maximum Gasteiger partial charge on any atom is 0.211 e. The standard InChI is InChI=1S/C15H21N5O2S/c1-3-20-15(4-7-18-20)14-11-16-13(10-17-14)12-5-8-19(9-6-12)23(2,21)22/h4,7,10-12H,3,5-6,8-9H2,1-2H3. The Labute approximate surface area is 136 Å². The maximum atomic E-state index is 11.6. The predicted molar refractivity (Wildman–Crippen MR) is 87.3 cm³/mol. The summed E-state index contributed by atoms with van der Waals surface area (Å²) >= 11 is 0. The van der Waals surface area contributed by atoms with Crippen molar-refractivity contribution in [3.05, 3.63) is 30.4 Å². The summed E-state index contributed by atoms with van der Waals surface area (Å²) in [4.78, 5) is 9.07. The Morgan fingerprint density at radius 1 is 1.22 bits per heavy atom. The van der Waals surface area contributed by atoms with E-state index in [4.69, 9.17) is 0 Å². The fourth-order valence-electron chi connectivity index (χ4n) is 2.97. The summed E-state index contributed by atoms with van der Waals surface area (Å²) < 4.78 is 26.5. The lowest BCUT2D eigenvalue weighted by atomic mass is 9.95. The largest absolute Gasteiger partial charge is 0.264 e. The molecule has 2 aromatic heterocycles. The van der Waals surface area contributed by atoms with E-state index < -0.39 is 10.0 Å². The minimum Gasteiger partial charge on any atom is -0.264 e. The lowest BCUT2D eigenvalue weighted by molar-refractivity contribution is 0.318. The quantitative estimate of drug-likeness (QED) is 0.846. The summed E-state index contributed by atoms with van der Waals surface area (Å²) in [6, 6.07) is 1.93. The van der Waals surface area contributed by atoms with Gasteiger partial charge in [0.1, 0.15) is 5.69 Å². The van der Waals surface area contributed by atoms with Crippen LogP contribution in [0, 0.1) is 0 Å². The van der Waals surface area contributed by atoms with Crippen LogP contribution in [-0.4, -0.2) is 51.8 Å². The molecule has 1 fully saturated rings. The summed E-state index contributed by atoms with van der Waals surface area (Å²) in [5, 5.41) is 4.24. The first-order valence-corrected chi connectivity index (χ1v) is 9.63. The minimum absolute atomic E-state index is 0.269. The number of piperidine rings is 1. The van der Waals surface area contributed by atoms with Gasteiger partial charge in [0, 0.05) is 37.9 Å². The average Bonchev–Trinajstić information content (AvgIpc) is 3.03. The number of sulfonamides is 1. The molecule has 0 unspecified atom stereocenters. The van der Waals surface area contributed by atoms with Crippen LogP contribution < -0.4 is 0 Å². The third-order valence-electron chi connectivity index (χ3n) is 4.29. The number of hydrogen-bond acceptors (Lipinski definition) is 5. The van der Waals surface area contributed by atoms with E-state index in [9.17, 15) is 8.42 Å². The van der Waals surface area contributed by atoms with Crippen LogP contribution in [0.2, 0.25) is 0 Å². The lowest BCUT2D eigenvalue weighted by Crippen LogP contribution is -2.37. The summed E-state index contributed by atoms with van der Waals surface area (Å²) in [7, 11) is -3.09. The van der Waals surface area contributed by atoms with Gasteiger partial charge in [-0.15, -0.1) is 0 Å². The molecular weight excluding hydrogens is 314 g/mol. The highest BCUT2D eigenvalue weighted by Gasteiger charge is 2.26. The van der Waals surface area contributed by atoms with E-state index in [2.05, 4.69) is 15.1 Å². The maximum absolute atomic E-state index is 11.6. The van der Waals surface area contributed by atoms with Crippen LogP contribution in [0.15, 0.2) is 24.7 Å². The zero-order valence-corrected chi connectivity index (χ0v) is 14.2. The molecule has 124 valence electrons. The van der Waals surface area contributed by atoms with Crippen molar-refractivity contribution < 1.29 is 8.42 Å². The van der Waals surface area contributed by atoms with Crippen molar-refractivity contribution in [3.63, 3.8) is 0 Å². The molecule has 0 N–H and O–H groups in total. The number of nitrogens with zero attached hydrogens (tertiary/aromatic N) is 5. The molecule has 3 heterocycles. The Kier molecular flexibility index (Phi) is 4.45. The fraction of sp³-hybridized carbons (Fsp3) is 0.533. The van der Waals surface area contributed by atoms with Gasteiger partial charge >= 0.3 is 0 Å². The van der Waals surface area contributed by atoms with Gasteiger partial charge in [0.05, 0.1) is 23.8 Å². The average molecular weight is 335 g/mol. The van der Waals surface area contributed by atoms with Crippen molar-refractivity contribution in [3.8, 4) is 11.4 Å². The normalized spacial score (nSPS) is 17.5. The van der Waals surface area contributed by atoms with Gasteiger partial charge in [0.25, 0.3) is 0 Å². The minimum atomic E-state index is -3.09. The molecule has 0 atom stereocenters. The summed E-state index contributed by atoms with van der Waals surface area (Å²) in [5.41, 5.74) is 2.70. The van der Waals surface area contributed by atoms with Crippen LogP contribution in [0.25, 0.3) is 11.4 Å². The zero-order valence-electron chi connectivity index (χ0n) is 13.4. The van der Waals surface area contributed by atoms with Crippen molar-refractivity contribution in [2.24, 2.45) is 0 Å². The van der Waals surface area contributed by atoms with E-state index in [1.165, 1.54) is 10.6 Å². The summed E-state index contributed by atoms with van der Waals surface area (Å²) in [5.74, 6) is 0.269. The third kappa shape index (κ3) is 3.42. The number of aromatic nitrogens is 4. The monoisotopic (exact) mass is 335 g/mol. The van der Waals surface area contributed by atoms with E-state index >= 15 is 0 Å². The van der Waals surface area contributed by atoms with Gasteiger partial charge in [-0.2, -0.15) is 5.10 Å². The van der Waals surface area contributed by atoms with Crippen LogP contribution in [0.5, 0.6) is 0 Å².